The second kappa shape index (κ2) is 70.6. The molecule has 0 aromatic carbocycles. The summed E-state index contributed by atoms with van der Waals surface area (Å²) < 4.78 is 16.9. The molecule has 0 amide bonds. The molecule has 0 fully saturated rings. The third kappa shape index (κ3) is 68.7. The molecule has 476 valence electrons. The summed E-state index contributed by atoms with van der Waals surface area (Å²) in [6, 6.07) is 0. The number of esters is 3. The number of carbonyl (C=O) groups excluding carboxylic acids is 3. The first-order valence-electron chi connectivity index (χ1n) is 35.4. The quantitative estimate of drug-likeness (QED) is 0.0261. The molecule has 0 aliphatic rings. The highest BCUT2D eigenvalue weighted by Crippen LogP contribution is 2.17. The second-order valence-electron chi connectivity index (χ2n) is 23.4. The van der Waals surface area contributed by atoms with Gasteiger partial charge in [-0.25, -0.2) is 0 Å². The van der Waals surface area contributed by atoms with Gasteiger partial charge in [-0.2, -0.15) is 0 Å². The molecule has 0 bridgehead atoms. The van der Waals surface area contributed by atoms with Gasteiger partial charge in [-0.15, -0.1) is 0 Å². The molecule has 0 aromatic rings. The number of allylic oxidation sites excluding steroid dienone is 18. The van der Waals surface area contributed by atoms with Crippen LogP contribution >= 0.6 is 0 Å². The predicted molar refractivity (Wildman–Crippen MR) is 362 cm³/mol. The van der Waals surface area contributed by atoms with Crippen LogP contribution in [0.25, 0.3) is 0 Å². The molecule has 0 rings (SSSR count). The van der Waals surface area contributed by atoms with Crippen LogP contribution in [0.1, 0.15) is 342 Å². The smallest absolute Gasteiger partial charge is 0.306 e. The Balaban J connectivity index is 4.23. The molecule has 0 heterocycles. The standard InChI is InChI=1S/C77H132O6/c1-4-7-10-13-16-19-22-25-28-30-31-32-33-34-35-36-37-38-39-40-41-42-43-44-45-47-49-52-55-58-61-64-67-70-76(79)82-73-74(72-81-75(78)69-66-63-60-57-54-51-48-27-24-21-18-15-12-9-6-3)83-77(80)71-68-65-62-59-56-53-50-46-29-26-23-20-17-14-11-8-5-2/h8,11,17-18,20-22,25-27,29-31,48,50,53,59,62,74H,4-7,9-10,12-16,19,23-24,28,32-47,49,51-52,54-58,60-61,63-73H2,1-3H3/b11-8-,20-17-,21-18-,25-22-,29-26-,31-30-,48-27-,53-50-,62-59-. The van der Waals surface area contributed by atoms with E-state index in [0.29, 0.717) is 19.3 Å². The molecule has 83 heavy (non-hydrogen) atoms. The van der Waals surface area contributed by atoms with Crippen LogP contribution in [0, 0.1) is 0 Å². The van der Waals surface area contributed by atoms with Crippen LogP contribution < -0.4 is 0 Å². The average molecular weight is 1150 g/mol. The molecule has 0 saturated heterocycles. The molecular formula is C77H132O6. The van der Waals surface area contributed by atoms with Crippen molar-refractivity contribution in [3.05, 3.63) is 109 Å². The first-order chi connectivity index (χ1) is 41.0. The van der Waals surface area contributed by atoms with E-state index in [1.54, 1.807) is 0 Å². The molecule has 0 saturated carbocycles. The highest BCUT2D eigenvalue weighted by atomic mass is 16.6. The monoisotopic (exact) mass is 1150 g/mol. The molecule has 0 aromatic heterocycles. The van der Waals surface area contributed by atoms with Crippen molar-refractivity contribution in [1.82, 2.24) is 0 Å². The minimum atomic E-state index is -0.815. The van der Waals surface area contributed by atoms with Crippen molar-refractivity contribution < 1.29 is 28.6 Å². The van der Waals surface area contributed by atoms with E-state index >= 15 is 0 Å². The van der Waals surface area contributed by atoms with Gasteiger partial charge >= 0.3 is 17.9 Å². The van der Waals surface area contributed by atoms with Gasteiger partial charge < -0.3 is 14.2 Å². The van der Waals surface area contributed by atoms with Crippen LogP contribution in [-0.4, -0.2) is 37.2 Å². The third-order valence-electron chi connectivity index (χ3n) is 15.2. The SMILES string of the molecule is CC/C=C\C/C=C\C/C=C\C/C=C\C/C=C\CCCC(=O)OC(COC(=O)CCCCCCC/C=C\C/C=C\CCCCC)COC(=O)CCCCCCCCCCCCCCCCCCCCCCC/C=C\C/C=C\CCCCCCC. The summed E-state index contributed by atoms with van der Waals surface area (Å²) in [5, 5.41) is 0. The zero-order valence-corrected chi connectivity index (χ0v) is 54.7. The van der Waals surface area contributed by atoms with Crippen molar-refractivity contribution in [2.24, 2.45) is 0 Å². The Morgan fingerprint density at radius 2 is 0.482 bits per heavy atom. The van der Waals surface area contributed by atoms with Gasteiger partial charge in [-0.3, -0.25) is 14.4 Å². The number of ether oxygens (including phenoxy) is 3. The van der Waals surface area contributed by atoms with Gasteiger partial charge in [0.2, 0.25) is 0 Å². The molecule has 0 radical (unpaired) electrons. The molecule has 1 unspecified atom stereocenters. The van der Waals surface area contributed by atoms with Crippen LogP contribution in [0.5, 0.6) is 0 Å². The maximum absolute atomic E-state index is 12.9. The summed E-state index contributed by atoms with van der Waals surface area (Å²) in [6.07, 6.45) is 97.1. The number of hydrogen-bond donors (Lipinski definition) is 0. The lowest BCUT2D eigenvalue weighted by atomic mass is 10.0. The van der Waals surface area contributed by atoms with E-state index in [2.05, 4.69) is 130 Å². The summed E-state index contributed by atoms with van der Waals surface area (Å²) in [4.78, 5) is 38.4. The van der Waals surface area contributed by atoms with E-state index in [9.17, 15) is 14.4 Å². The highest BCUT2D eigenvalue weighted by molar-refractivity contribution is 5.71. The van der Waals surface area contributed by atoms with Gasteiger partial charge in [-0.1, -0.05) is 310 Å². The summed E-state index contributed by atoms with van der Waals surface area (Å²) >= 11 is 0. The van der Waals surface area contributed by atoms with Crippen molar-refractivity contribution >= 4 is 17.9 Å². The van der Waals surface area contributed by atoms with E-state index < -0.39 is 6.10 Å². The van der Waals surface area contributed by atoms with Crippen LogP contribution in [0.15, 0.2) is 109 Å². The van der Waals surface area contributed by atoms with Crippen molar-refractivity contribution in [3.63, 3.8) is 0 Å². The minimum absolute atomic E-state index is 0.104. The second-order valence-corrected chi connectivity index (χ2v) is 23.4. The Morgan fingerprint density at radius 1 is 0.253 bits per heavy atom. The fraction of sp³-hybridized carbons (Fsp3) is 0.727. The number of unbranched alkanes of at least 4 members (excludes halogenated alkanes) is 35. The van der Waals surface area contributed by atoms with Gasteiger partial charge in [0.15, 0.2) is 6.10 Å². The summed E-state index contributed by atoms with van der Waals surface area (Å²) in [5.74, 6) is -0.966. The van der Waals surface area contributed by atoms with Gasteiger partial charge in [0.05, 0.1) is 0 Å². The largest absolute Gasteiger partial charge is 0.462 e. The van der Waals surface area contributed by atoms with Gasteiger partial charge in [0, 0.05) is 19.3 Å². The normalized spacial score (nSPS) is 12.8. The Morgan fingerprint density at radius 3 is 0.795 bits per heavy atom. The Kier molecular flexibility index (Phi) is 67.2. The lowest BCUT2D eigenvalue weighted by molar-refractivity contribution is -0.167. The van der Waals surface area contributed by atoms with Crippen LogP contribution in [-0.2, 0) is 28.6 Å². The van der Waals surface area contributed by atoms with E-state index in [0.717, 1.165) is 109 Å². The summed E-state index contributed by atoms with van der Waals surface area (Å²) in [6.45, 7) is 6.46. The Hall–Kier alpha value is -3.93. The highest BCUT2D eigenvalue weighted by Gasteiger charge is 2.19. The molecule has 1 atom stereocenters. The fourth-order valence-corrected chi connectivity index (χ4v) is 9.95. The van der Waals surface area contributed by atoms with Crippen LogP contribution in [0.4, 0.5) is 0 Å². The van der Waals surface area contributed by atoms with Gasteiger partial charge in [0.1, 0.15) is 13.2 Å². The Labute approximate surface area is 514 Å². The fourth-order valence-electron chi connectivity index (χ4n) is 9.95. The topological polar surface area (TPSA) is 78.9 Å². The maximum Gasteiger partial charge on any atom is 0.306 e. The minimum Gasteiger partial charge on any atom is -0.462 e. The molecule has 0 aliphatic heterocycles. The van der Waals surface area contributed by atoms with Crippen molar-refractivity contribution in [2.75, 3.05) is 13.2 Å². The molecule has 0 N–H and O–H groups in total. The number of hydrogen-bond acceptors (Lipinski definition) is 6. The zero-order valence-electron chi connectivity index (χ0n) is 54.7. The molecular weight excluding hydrogens is 1020 g/mol. The van der Waals surface area contributed by atoms with Crippen LogP contribution in [0.2, 0.25) is 0 Å². The first-order valence-corrected chi connectivity index (χ1v) is 35.4. The molecule has 6 nitrogen and oxygen atoms in total. The summed E-state index contributed by atoms with van der Waals surface area (Å²) in [7, 11) is 0. The number of carbonyl (C=O) groups is 3. The van der Waals surface area contributed by atoms with Crippen molar-refractivity contribution in [3.8, 4) is 0 Å². The van der Waals surface area contributed by atoms with Crippen molar-refractivity contribution in [1.29, 1.82) is 0 Å². The number of rotatable bonds is 64. The van der Waals surface area contributed by atoms with Crippen LogP contribution in [0.3, 0.4) is 0 Å². The maximum atomic E-state index is 12.9. The van der Waals surface area contributed by atoms with E-state index in [1.807, 2.05) is 0 Å². The first kappa shape index (κ1) is 79.1. The lowest BCUT2D eigenvalue weighted by Crippen LogP contribution is -2.30. The summed E-state index contributed by atoms with van der Waals surface area (Å²) in [5.41, 5.74) is 0. The van der Waals surface area contributed by atoms with E-state index in [4.69, 9.17) is 14.2 Å². The molecule has 0 aliphatic carbocycles. The lowest BCUT2D eigenvalue weighted by Gasteiger charge is -2.18. The van der Waals surface area contributed by atoms with Gasteiger partial charge in [0.25, 0.3) is 0 Å². The zero-order chi connectivity index (χ0) is 59.9. The molecule has 0 spiro atoms. The third-order valence-corrected chi connectivity index (χ3v) is 15.2. The van der Waals surface area contributed by atoms with Crippen molar-refractivity contribution in [2.45, 2.75) is 348 Å². The molecule has 6 heteroatoms. The Bertz CT molecular complexity index is 1660. The average Bonchev–Trinajstić information content (AvgIpc) is 3.49. The van der Waals surface area contributed by atoms with Gasteiger partial charge in [-0.05, 0) is 122 Å². The van der Waals surface area contributed by atoms with E-state index in [-0.39, 0.29) is 37.5 Å². The predicted octanol–water partition coefficient (Wildman–Crippen LogP) is 24.6. The van der Waals surface area contributed by atoms with E-state index in [1.165, 1.54) is 186 Å².